The molecule has 0 aromatic heterocycles. The van der Waals surface area contributed by atoms with Crippen molar-refractivity contribution in [3.8, 4) is 0 Å². The first kappa shape index (κ1) is 19.2. The number of ketones is 1. The highest BCUT2D eigenvalue weighted by Crippen LogP contribution is 2.25. The van der Waals surface area contributed by atoms with Gasteiger partial charge in [0.25, 0.3) is 0 Å². The van der Waals surface area contributed by atoms with Gasteiger partial charge in [0.15, 0.2) is 12.1 Å². The van der Waals surface area contributed by atoms with Crippen molar-refractivity contribution in [3.63, 3.8) is 0 Å². The van der Waals surface area contributed by atoms with Crippen LogP contribution in [0.5, 0.6) is 0 Å². The Kier molecular flexibility index (Phi) is 7.09. The second kappa shape index (κ2) is 8.84. The highest BCUT2D eigenvalue weighted by molar-refractivity contribution is 5.98. The van der Waals surface area contributed by atoms with Crippen LogP contribution >= 0.6 is 0 Å². The molecule has 0 radical (unpaired) electrons. The summed E-state index contributed by atoms with van der Waals surface area (Å²) >= 11 is 0. The van der Waals surface area contributed by atoms with Crippen molar-refractivity contribution in [1.29, 1.82) is 0 Å². The summed E-state index contributed by atoms with van der Waals surface area (Å²) in [5.74, 6) is 0.217. The average Bonchev–Trinajstić information content (AvgIpc) is 2.89. The number of carbonyl (C=O) groups excluding carboxylic acids is 1. The van der Waals surface area contributed by atoms with Gasteiger partial charge < -0.3 is 29.9 Å². The van der Waals surface area contributed by atoms with E-state index in [2.05, 4.69) is 0 Å². The number of rotatable bonds is 7. The number of aliphatic hydroxyl groups is 4. The van der Waals surface area contributed by atoms with Crippen molar-refractivity contribution < 1.29 is 34.7 Å². The summed E-state index contributed by atoms with van der Waals surface area (Å²) in [4.78, 5) is 11.6. The zero-order valence-corrected chi connectivity index (χ0v) is 13.8. The minimum atomic E-state index is -1.43. The van der Waals surface area contributed by atoms with Gasteiger partial charge in [0.1, 0.15) is 24.4 Å². The van der Waals surface area contributed by atoms with Gasteiger partial charge >= 0.3 is 0 Å². The lowest BCUT2D eigenvalue weighted by Crippen LogP contribution is -2.59. The fourth-order valence-corrected chi connectivity index (χ4v) is 2.91. The van der Waals surface area contributed by atoms with Gasteiger partial charge in [-0.25, -0.2) is 0 Å². The third kappa shape index (κ3) is 4.50. The number of Topliss-reactive ketones (excluding diaryl/α,β-unsaturated/α-hetero) is 1. The lowest BCUT2D eigenvalue weighted by Gasteiger charge is -2.39. The Morgan fingerprint density at radius 2 is 1.92 bits per heavy atom. The first-order valence-electron chi connectivity index (χ1n) is 8.24. The molecule has 1 saturated heterocycles. The Morgan fingerprint density at radius 3 is 2.54 bits per heavy atom. The third-order valence-corrected chi connectivity index (χ3v) is 4.48. The molecule has 0 saturated carbocycles. The normalized spacial score (nSPS) is 34.5. The summed E-state index contributed by atoms with van der Waals surface area (Å²) in [6.07, 6.45) is 0.162. The van der Waals surface area contributed by atoms with Gasteiger partial charge in [-0.1, -0.05) is 17.7 Å². The second-order valence-electron chi connectivity index (χ2n) is 6.21. The second-order valence-corrected chi connectivity index (χ2v) is 6.21. The Morgan fingerprint density at radius 1 is 1.17 bits per heavy atom. The predicted molar refractivity (Wildman–Crippen MR) is 85.0 cm³/mol. The van der Waals surface area contributed by atoms with E-state index in [1.165, 1.54) is 0 Å². The molecule has 0 bridgehead atoms. The summed E-state index contributed by atoms with van der Waals surface area (Å²) in [5, 5.41) is 38.2. The first-order valence-corrected chi connectivity index (χ1v) is 8.24. The zero-order chi connectivity index (χ0) is 17.7. The van der Waals surface area contributed by atoms with E-state index in [9.17, 15) is 20.1 Å². The molecular weight excluding hydrogens is 316 g/mol. The van der Waals surface area contributed by atoms with Gasteiger partial charge in [-0.2, -0.15) is 0 Å². The minimum absolute atomic E-state index is 0.217. The highest BCUT2D eigenvalue weighted by atomic mass is 16.7. The van der Waals surface area contributed by atoms with Gasteiger partial charge in [0.05, 0.1) is 13.2 Å². The van der Waals surface area contributed by atoms with E-state index in [1.807, 2.05) is 19.1 Å². The Labute approximate surface area is 141 Å². The predicted octanol–water partition coefficient (Wildman–Crippen LogP) is -0.181. The molecule has 0 aromatic carbocycles. The lowest BCUT2D eigenvalue weighted by atomic mass is 9.99. The minimum Gasteiger partial charge on any atom is -0.394 e. The maximum atomic E-state index is 11.6. The van der Waals surface area contributed by atoms with Crippen LogP contribution in [0.15, 0.2) is 23.3 Å². The van der Waals surface area contributed by atoms with E-state index in [0.29, 0.717) is 19.3 Å². The molecular formula is C17H26O7. The topological polar surface area (TPSA) is 116 Å². The largest absolute Gasteiger partial charge is 0.394 e. The summed E-state index contributed by atoms with van der Waals surface area (Å²) in [6.45, 7) is 1.74. The Balaban J connectivity index is 1.72. The van der Waals surface area contributed by atoms with Gasteiger partial charge in [-0.15, -0.1) is 0 Å². The fourth-order valence-electron chi connectivity index (χ4n) is 2.91. The van der Waals surface area contributed by atoms with Gasteiger partial charge in [0, 0.05) is 6.42 Å². The molecule has 1 aliphatic heterocycles. The molecule has 4 N–H and O–H groups in total. The van der Waals surface area contributed by atoms with Crippen LogP contribution in [0.1, 0.15) is 32.6 Å². The van der Waals surface area contributed by atoms with Gasteiger partial charge in [-0.3, -0.25) is 4.79 Å². The number of carbonyl (C=O) groups is 1. The van der Waals surface area contributed by atoms with E-state index in [4.69, 9.17) is 14.6 Å². The smallest absolute Gasteiger partial charge is 0.186 e. The molecule has 7 heteroatoms. The molecule has 2 rings (SSSR count). The van der Waals surface area contributed by atoms with E-state index < -0.39 is 37.3 Å². The molecule has 1 aliphatic carbocycles. The zero-order valence-electron chi connectivity index (χ0n) is 13.8. The molecule has 7 nitrogen and oxygen atoms in total. The molecule has 0 aromatic rings. The lowest BCUT2D eigenvalue weighted by molar-refractivity contribution is -0.300. The number of aliphatic hydroxyl groups excluding tert-OH is 4. The van der Waals surface area contributed by atoms with Crippen LogP contribution in [-0.4, -0.2) is 70.1 Å². The van der Waals surface area contributed by atoms with Crippen molar-refractivity contribution in [2.75, 3.05) is 13.2 Å². The number of hydrogen-bond donors (Lipinski definition) is 4. The van der Waals surface area contributed by atoms with E-state index in [0.717, 1.165) is 17.6 Å². The monoisotopic (exact) mass is 342 g/mol. The number of hydrogen-bond acceptors (Lipinski definition) is 7. The standard InChI is InChI=1S/C17H26O7/c1-10-6-7-12(19)11(10)5-3-2-4-8-23-17-16(22)15(21)14(20)13(9-18)24-17/h2-3,13-18,20-22H,4-9H2,1H3/b3-2-/t13-,14-,15+,16-,17-/m1/s1. The molecule has 2 aliphatic rings. The number of allylic oxidation sites excluding steroid dienone is 3. The highest BCUT2D eigenvalue weighted by Gasteiger charge is 2.43. The molecule has 1 heterocycles. The summed E-state index contributed by atoms with van der Waals surface area (Å²) in [5.41, 5.74) is 2.04. The van der Waals surface area contributed by atoms with Gasteiger partial charge in [0.2, 0.25) is 0 Å². The van der Waals surface area contributed by atoms with Crippen LogP contribution in [0.25, 0.3) is 0 Å². The van der Waals surface area contributed by atoms with Crippen LogP contribution in [-0.2, 0) is 14.3 Å². The fraction of sp³-hybridized carbons (Fsp3) is 0.706. The molecule has 0 amide bonds. The van der Waals surface area contributed by atoms with Crippen molar-refractivity contribution >= 4 is 5.78 Å². The van der Waals surface area contributed by atoms with E-state index in [1.54, 1.807) is 0 Å². The summed E-state index contributed by atoms with van der Waals surface area (Å²) in [7, 11) is 0. The number of ether oxygens (including phenoxy) is 2. The van der Waals surface area contributed by atoms with Gasteiger partial charge in [-0.05, 0) is 31.8 Å². The third-order valence-electron chi connectivity index (χ3n) is 4.48. The van der Waals surface area contributed by atoms with Crippen LogP contribution in [0.4, 0.5) is 0 Å². The summed E-state index contributed by atoms with van der Waals surface area (Å²) in [6, 6.07) is 0. The van der Waals surface area contributed by atoms with Crippen LogP contribution < -0.4 is 0 Å². The molecule has 0 unspecified atom stereocenters. The molecule has 136 valence electrons. The first-order chi connectivity index (χ1) is 11.5. The molecule has 5 atom stereocenters. The van der Waals surface area contributed by atoms with Crippen LogP contribution in [0.2, 0.25) is 0 Å². The molecule has 1 fully saturated rings. The summed E-state index contributed by atoms with van der Waals surface area (Å²) < 4.78 is 10.6. The maximum Gasteiger partial charge on any atom is 0.186 e. The van der Waals surface area contributed by atoms with Crippen LogP contribution in [0, 0.1) is 0 Å². The van der Waals surface area contributed by atoms with Crippen molar-refractivity contribution in [3.05, 3.63) is 23.3 Å². The Hall–Kier alpha value is -1.09. The van der Waals surface area contributed by atoms with Crippen LogP contribution in [0.3, 0.4) is 0 Å². The van der Waals surface area contributed by atoms with Crippen molar-refractivity contribution in [1.82, 2.24) is 0 Å². The van der Waals surface area contributed by atoms with Crippen molar-refractivity contribution in [2.24, 2.45) is 0 Å². The Bertz CT molecular complexity index is 497. The maximum absolute atomic E-state index is 11.6. The van der Waals surface area contributed by atoms with E-state index in [-0.39, 0.29) is 12.4 Å². The quantitative estimate of drug-likeness (QED) is 0.374. The van der Waals surface area contributed by atoms with Crippen molar-refractivity contribution in [2.45, 2.75) is 63.3 Å². The average molecular weight is 342 g/mol. The molecule has 24 heavy (non-hydrogen) atoms. The van der Waals surface area contributed by atoms with E-state index >= 15 is 0 Å². The SMILES string of the molecule is CC1=C(C/C=C\CCO[C@@H]2O[C@H](CO)[C@@H](O)[C@H](O)[C@H]2O)C(=O)CC1. The molecule has 0 spiro atoms.